The highest BCUT2D eigenvalue weighted by Crippen LogP contribution is 2.39. The first-order valence-electron chi connectivity index (χ1n) is 8.85. The molecule has 2 heterocycles. The van der Waals surface area contributed by atoms with Crippen LogP contribution in [-0.4, -0.2) is 30.1 Å². The Kier molecular flexibility index (Phi) is 5.05. The second-order valence-electron chi connectivity index (χ2n) is 6.65. The van der Waals surface area contributed by atoms with E-state index in [4.69, 9.17) is 0 Å². The molecule has 1 amide bonds. The summed E-state index contributed by atoms with van der Waals surface area (Å²) < 4.78 is 19.1. The molecule has 0 saturated carbocycles. The number of carbonyl (C=O) groups excluding carboxylic acids is 1. The topological polar surface area (TPSA) is 64.6 Å². The predicted octanol–water partition coefficient (Wildman–Crippen LogP) is 3.02. The minimum absolute atomic E-state index is 0.00952. The van der Waals surface area contributed by atoms with Crippen LogP contribution >= 0.6 is 12.1 Å². The van der Waals surface area contributed by atoms with Crippen molar-refractivity contribution in [3.63, 3.8) is 0 Å². The standard InChI is InChI=1S/C20H20FN3O2S/c21-19-16(8-9-17(25)20(19)24-12-18(26)23-27-24)14-10-15(22-11-14)7-6-13-4-2-1-3-5-13/h1-5,8-10,15,22,25H,6-7,11-12H2,(H,23,26)/t15-/m1/s1. The number of benzene rings is 2. The van der Waals surface area contributed by atoms with Crippen molar-refractivity contribution in [1.82, 2.24) is 10.0 Å². The minimum atomic E-state index is -0.504. The van der Waals surface area contributed by atoms with Crippen LogP contribution in [0.15, 0.2) is 48.5 Å². The molecule has 2 aliphatic rings. The number of aryl methyl sites for hydroxylation is 1. The molecule has 4 rings (SSSR count). The smallest absolute Gasteiger partial charge is 0.251 e. The third-order valence-electron chi connectivity index (χ3n) is 4.79. The van der Waals surface area contributed by atoms with E-state index < -0.39 is 5.82 Å². The highest BCUT2D eigenvalue weighted by atomic mass is 32.2. The maximum atomic E-state index is 15.1. The SMILES string of the molecule is O=C1CN(c2c(O)ccc(C3=C[C@@H](CCc4ccccc4)NC3)c2F)SN1. The van der Waals surface area contributed by atoms with Gasteiger partial charge < -0.3 is 10.4 Å². The number of hydrogen-bond acceptors (Lipinski definition) is 5. The molecule has 0 aromatic heterocycles. The Morgan fingerprint density at radius 1 is 1.22 bits per heavy atom. The molecule has 3 N–H and O–H groups in total. The molecule has 2 aromatic carbocycles. The molecule has 5 nitrogen and oxygen atoms in total. The Labute approximate surface area is 161 Å². The molecule has 140 valence electrons. The van der Waals surface area contributed by atoms with E-state index in [1.807, 2.05) is 18.2 Å². The molecule has 0 aliphatic carbocycles. The Hall–Kier alpha value is -2.51. The van der Waals surface area contributed by atoms with Crippen LogP contribution in [0.3, 0.4) is 0 Å². The number of rotatable bonds is 5. The van der Waals surface area contributed by atoms with Crippen LogP contribution in [0.5, 0.6) is 5.75 Å². The fourth-order valence-electron chi connectivity index (χ4n) is 3.40. The van der Waals surface area contributed by atoms with Gasteiger partial charge >= 0.3 is 0 Å². The third kappa shape index (κ3) is 3.79. The van der Waals surface area contributed by atoms with Crippen molar-refractivity contribution in [3.8, 4) is 5.75 Å². The van der Waals surface area contributed by atoms with Gasteiger partial charge in [0.2, 0.25) is 0 Å². The van der Waals surface area contributed by atoms with Gasteiger partial charge in [-0.15, -0.1) is 0 Å². The summed E-state index contributed by atoms with van der Waals surface area (Å²) in [5, 5.41) is 13.5. The fraction of sp³-hybridized carbons (Fsp3) is 0.250. The molecule has 0 bridgehead atoms. The van der Waals surface area contributed by atoms with E-state index in [1.165, 1.54) is 15.9 Å². The zero-order valence-corrected chi connectivity index (χ0v) is 15.4. The summed E-state index contributed by atoms with van der Waals surface area (Å²) >= 11 is 0.988. The van der Waals surface area contributed by atoms with E-state index in [0.29, 0.717) is 12.1 Å². The van der Waals surface area contributed by atoms with Crippen LogP contribution in [0.2, 0.25) is 0 Å². The van der Waals surface area contributed by atoms with E-state index in [0.717, 1.165) is 30.5 Å². The number of phenols is 1. The molecule has 1 fully saturated rings. The number of hydrogen-bond donors (Lipinski definition) is 3. The molecular formula is C20H20FN3O2S. The number of anilines is 1. The number of amides is 1. The van der Waals surface area contributed by atoms with Crippen LogP contribution in [0, 0.1) is 5.82 Å². The fourth-order valence-corrected chi connectivity index (χ4v) is 4.13. The van der Waals surface area contributed by atoms with Crippen LogP contribution in [0.4, 0.5) is 10.1 Å². The number of nitrogens with zero attached hydrogens (tertiary/aromatic N) is 1. The van der Waals surface area contributed by atoms with Crippen LogP contribution in [0.25, 0.3) is 5.57 Å². The molecule has 2 aliphatic heterocycles. The van der Waals surface area contributed by atoms with E-state index in [2.05, 4.69) is 28.2 Å². The number of nitrogens with one attached hydrogen (secondary N) is 2. The molecular weight excluding hydrogens is 365 g/mol. The molecule has 2 aromatic rings. The Morgan fingerprint density at radius 2 is 2.04 bits per heavy atom. The lowest BCUT2D eigenvalue weighted by atomic mass is 10.0. The maximum Gasteiger partial charge on any atom is 0.251 e. The average Bonchev–Trinajstić information content (AvgIpc) is 3.30. The van der Waals surface area contributed by atoms with Crippen molar-refractivity contribution in [1.29, 1.82) is 0 Å². The Balaban J connectivity index is 1.52. The van der Waals surface area contributed by atoms with Crippen molar-refractivity contribution in [2.45, 2.75) is 18.9 Å². The highest BCUT2D eigenvalue weighted by Gasteiger charge is 2.28. The van der Waals surface area contributed by atoms with Gasteiger partial charge in [0.25, 0.3) is 5.91 Å². The molecule has 0 unspecified atom stereocenters. The highest BCUT2D eigenvalue weighted by molar-refractivity contribution is 7.99. The lowest BCUT2D eigenvalue weighted by molar-refractivity contribution is -0.117. The normalized spacial score (nSPS) is 19.3. The molecule has 1 saturated heterocycles. The first kappa shape index (κ1) is 17.9. The Morgan fingerprint density at radius 3 is 2.78 bits per heavy atom. The van der Waals surface area contributed by atoms with Gasteiger partial charge in [0.05, 0.1) is 12.1 Å². The maximum absolute atomic E-state index is 15.1. The summed E-state index contributed by atoms with van der Waals surface area (Å²) in [6.07, 6.45) is 3.94. The van der Waals surface area contributed by atoms with E-state index in [-0.39, 0.29) is 29.9 Å². The molecule has 7 heteroatoms. The molecule has 0 spiro atoms. The predicted molar refractivity (Wildman–Crippen MR) is 106 cm³/mol. The minimum Gasteiger partial charge on any atom is -0.506 e. The van der Waals surface area contributed by atoms with Crippen LogP contribution in [0.1, 0.15) is 17.5 Å². The third-order valence-corrected chi connectivity index (χ3v) is 5.64. The van der Waals surface area contributed by atoms with Gasteiger partial charge in [0.1, 0.15) is 18.0 Å². The van der Waals surface area contributed by atoms with E-state index >= 15 is 4.39 Å². The van der Waals surface area contributed by atoms with Crippen molar-refractivity contribution >= 4 is 29.3 Å². The molecule has 1 atom stereocenters. The second kappa shape index (κ2) is 7.62. The number of phenolic OH excluding ortho intramolecular Hbond substituents is 1. The van der Waals surface area contributed by atoms with Crippen molar-refractivity contribution < 1.29 is 14.3 Å². The summed E-state index contributed by atoms with van der Waals surface area (Å²) in [6.45, 7) is 0.584. The van der Waals surface area contributed by atoms with Gasteiger partial charge in [0.15, 0.2) is 5.82 Å². The van der Waals surface area contributed by atoms with E-state index in [9.17, 15) is 9.90 Å². The molecule has 27 heavy (non-hydrogen) atoms. The summed E-state index contributed by atoms with van der Waals surface area (Å²) in [4.78, 5) is 11.4. The second-order valence-corrected chi connectivity index (χ2v) is 7.48. The van der Waals surface area contributed by atoms with Crippen molar-refractivity contribution in [3.05, 3.63) is 65.5 Å². The van der Waals surface area contributed by atoms with Gasteiger partial charge in [-0.1, -0.05) is 36.4 Å². The Bertz CT molecular complexity index is 888. The van der Waals surface area contributed by atoms with Gasteiger partial charge in [-0.25, -0.2) is 4.39 Å². The van der Waals surface area contributed by atoms with Gasteiger partial charge in [-0.2, -0.15) is 0 Å². The largest absolute Gasteiger partial charge is 0.506 e. The lowest BCUT2D eigenvalue weighted by Gasteiger charge is -2.18. The van der Waals surface area contributed by atoms with Gasteiger partial charge in [-0.3, -0.25) is 13.8 Å². The average molecular weight is 385 g/mol. The van der Waals surface area contributed by atoms with Crippen molar-refractivity contribution in [2.75, 3.05) is 17.4 Å². The number of carbonyl (C=O) groups is 1. The monoisotopic (exact) mass is 385 g/mol. The van der Waals surface area contributed by atoms with Crippen LogP contribution < -0.4 is 14.3 Å². The molecule has 0 radical (unpaired) electrons. The van der Waals surface area contributed by atoms with Gasteiger partial charge in [-0.05, 0) is 36.1 Å². The zero-order chi connectivity index (χ0) is 18.8. The first-order chi connectivity index (χ1) is 13.1. The van der Waals surface area contributed by atoms with E-state index in [1.54, 1.807) is 6.07 Å². The summed E-state index contributed by atoms with van der Waals surface area (Å²) in [7, 11) is 0. The number of aromatic hydroxyl groups is 1. The number of halogens is 1. The zero-order valence-electron chi connectivity index (χ0n) is 14.6. The van der Waals surface area contributed by atoms with Crippen molar-refractivity contribution in [2.24, 2.45) is 0 Å². The lowest BCUT2D eigenvalue weighted by Crippen LogP contribution is -2.22. The van der Waals surface area contributed by atoms with Crippen LogP contribution in [-0.2, 0) is 11.2 Å². The summed E-state index contributed by atoms with van der Waals surface area (Å²) in [6, 6.07) is 13.5. The summed E-state index contributed by atoms with van der Waals surface area (Å²) in [5.41, 5.74) is 2.65. The summed E-state index contributed by atoms with van der Waals surface area (Å²) in [5.74, 6) is -0.893. The quantitative estimate of drug-likeness (QED) is 0.691. The van der Waals surface area contributed by atoms with Gasteiger partial charge in [0, 0.05) is 18.2 Å². The first-order valence-corrected chi connectivity index (χ1v) is 9.62.